The van der Waals surface area contributed by atoms with Crippen molar-refractivity contribution in [3.8, 4) is 0 Å². The van der Waals surface area contributed by atoms with Gasteiger partial charge in [0.05, 0.1) is 5.75 Å². The number of amides is 1. The number of carbonyl (C=O) groups excluding carboxylic acids is 1. The molecule has 0 unspecified atom stereocenters. The summed E-state index contributed by atoms with van der Waals surface area (Å²) in [5, 5.41) is 0. The van der Waals surface area contributed by atoms with Gasteiger partial charge in [-0.05, 0) is 18.3 Å². The van der Waals surface area contributed by atoms with Gasteiger partial charge in [0.2, 0.25) is 10.0 Å². The molecular formula is C10H19NO4S. The third kappa shape index (κ3) is 3.75. The van der Waals surface area contributed by atoms with Crippen LogP contribution in [0.4, 0.5) is 0 Å². The Labute approximate surface area is 96.6 Å². The predicted octanol–water partition coefficient (Wildman–Crippen LogP) is 0.513. The summed E-state index contributed by atoms with van der Waals surface area (Å²) >= 11 is 0. The second kappa shape index (κ2) is 5.14. The van der Waals surface area contributed by atoms with Gasteiger partial charge in [-0.25, -0.2) is 8.42 Å². The first-order chi connectivity index (χ1) is 7.32. The summed E-state index contributed by atoms with van der Waals surface area (Å²) in [6.07, 6.45) is 0.171. The molecule has 94 valence electrons. The first-order valence-corrected chi connectivity index (χ1v) is 7.13. The Morgan fingerprint density at radius 3 is 2.56 bits per heavy atom. The molecule has 1 N–H and O–H groups in total. The standard InChI is InChI=1S/C10H19NO4S/c1-7(2)6-16(13,14)11-10(12)9-8(3)4-5-15-9/h7-9H,4-6H2,1-3H3,(H,11,12)/t8-,9+/m0/s1. The lowest BCUT2D eigenvalue weighted by atomic mass is 10.0. The van der Waals surface area contributed by atoms with Crippen LogP contribution >= 0.6 is 0 Å². The first kappa shape index (κ1) is 13.4. The normalized spacial score (nSPS) is 26.0. The molecule has 0 spiro atoms. The van der Waals surface area contributed by atoms with Crippen LogP contribution in [0.2, 0.25) is 0 Å². The fourth-order valence-electron chi connectivity index (χ4n) is 1.72. The highest BCUT2D eigenvalue weighted by Crippen LogP contribution is 2.20. The lowest BCUT2D eigenvalue weighted by Crippen LogP contribution is -2.42. The summed E-state index contributed by atoms with van der Waals surface area (Å²) in [5.74, 6) is -0.507. The van der Waals surface area contributed by atoms with E-state index in [4.69, 9.17) is 4.74 Å². The quantitative estimate of drug-likeness (QED) is 0.788. The van der Waals surface area contributed by atoms with Gasteiger partial charge in [-0.2, -0.15) is 0 Å². The summed E-state index contributed by atoms with van der Waals surface area (Å²) in [7, 11) is -3.52. The molecule has 1 heterocycles. The van der Waals surface area contributed by atoms with E-state index in [1.807, 2.05) is 6.92 Å². The van der Waals surface area contributed by atoms with E-state index in [1.54, 1.807) is 13.8 Å². The molecule has 6 heteroatoms. The van der Waals surface area contributed by atoms with Crippen LogP contribution in [0.1, 0.15) is 27.2 Å². The van der Waals surface area contributed by atoms with Crippen LogP contribution in [0.3, 0.4) is 0 Å². The Morgan fingerprint density at radius 2 is 2.12 bits per heavy atom. The van der Waals surface area contributed by atoms with Crippen molar-refractivity contribution < 1.29 is 17.9 Å². The van der Waals surface area contributed by atoms with Crippen LogP contribution in [-0.2, 0) is 19.6 Å². The molecule has 0 aromatic heterocycles. The second-order valence-corrected chi connectivity index (χ2v) is 6.47. The summed E-state index contributed by atoms with van der Waals surface area (Å²) in [6, 6.07) is 0. The van der Waals surface area contributed by atoms with Crippen LogP contribution < -0.4 is 4.72 Å². The monoisotopic (exact) mass is 249 g/mol. The maximum Gasteiger partial charge on any atom is 0.262 e. The Bertz CT molecular complexity index is 350. The maximum absolute atomic E-state index is 11.6. The minimum Gasteiger partial charge on any atom is -0.368 e. The van der Waals surface area contributed by atoms with E-state index in [-0.39, 0.29) is 17.6 Å². The Morgan fingerprint density at radius 1 is 1.50 bits per heavy atom. The zero-order valence-corrected chi connectivity index (χ0v) is 10.7. The second-order valence-electron chi connectivity index (χ2n) is 4.70. The van der Waals surface area contributed by atoms with Crippen molar-refractivity contribution in [3.63, 3.8) is 0 Å². The predicted molar refractivity (Wildman–Crippen MR) is 60.3 cm³/mol. The highest BCUT2D eigenvalue weighted by Gasteiger charge is 2.33. The molecule has 1 amide bonds. The van der Waals surface area contributed by atoms with Gasteiger partial charge in [0.15, 0.2) is 0 Å². The van der Waals surface area contributed by atoms with E-state index in [0.717, 1.165) is 6.42 Å². The number of hydrogen-bond donors (Lipinski definition) is 1. The summed E-state index contributed by atoms with van der Waals surface area (Å²) in [6.45, 7) is 5.98. The average Bonchev–Trinajstić information content (AvgIpc) is 2.47. The highest BCUT2D eigenvalue weighted by molar-refractivity contribution is 7.90. The largest absolute Gasteiger partial charge is 0.368 e. The molecule has 5 nitrogen and oxygen atoms in total. The zero-order chi connectivity index (χ0) is 12.3. The molecule has 0 aliphatic carbocycles. The molecule has 1 rings (SSSR count). The molecule has 1 aliphatic rings. The van der Waals surface area contributed by atoms with Gasteiger partial charge in [0.1, 0.15) is 6.10 Å². The SMILES string of the molecule is CC(C)CS(=O)(=O)NC(=O)[C@@H]1OCC[C@@H]1C. The molecule has 1 saturated heterocycles. The third-order valence-electron chi connectivity index (χ3n) is 2.45. The Kier molecular flexibility index (Phi) is 4.32. The minimum absolute atomic E-state index is 0.00720. The third-order valence-corrected chi connectivity index (χ3v) is 4.07. The van der Waals surface area contributed by atoms with Crippen LogP contribution in [0.5, 0.6) is 0 Å². The van der Waals surface area contributed by atoms with Crippen molar-refractivity contribution in [1.82, 2.24) is 4.72 Å². The first-order valence-electron chi connectivity index (χ1n) is 5.48. The number of ether oxygens (including phenoxy) is 1. The summed E-state index contributed by atoms with van der Waals surface area (Å²) in [4.78, 5) is 11.6. The smallest absolute Gasteiger partial charge is 0.262 e. The number of rotatable bonds is 4. The molecule has 0 aromatic rings. The molecule has 0 bridgehead atoms. The van der Waals surface area contributed by atoms with E-state index >= 15 is 0 Å². The average molecular weight is 249 g/mol. The summed E-state index contributed by atoms with van der Waals surface area (Å²) in [5.41, 5.74) is 0. The zero-order valence-electron chi connectivity index (χ0n) is 9.89. The van der Waals surface area contributed by atoms with Gasteiger partial charge in [-0.15, -0.1) is 0 Å². The topological polar surface area (TPSA) is 72.5 Å². The van der Waals surface area contributed by atoms with E-state index in [1.165, 1.54) is 0 Å². The van der Waals surface area contributed by atoms with Gasteiger partial charge in [0, 0.05) is 6.61 Å². The fourth-order valence-corrected chi connectivity index (χ4v) is 3.11. The van der Waals surface area contributed by atoms with Crippen molar-refractivity contribution in [3.05, 3.63) is 0 Å². The van der Waals surface area contributed by atoms with E-state index in [0.29, 0.717) is 6.61 Å². The van der Waals surface area contributed by atoms with Gasteiger partial charge >= 0.3 is 0 Å². The van der Waals surface area contributed by atoms with Crippen LogP contribution in [0.25, 0.3) is 0 Å². The highest BCUT2D eigenvalue weighted by atomic mass is 32.2. The molecule has 0 saturated carbocycles. The van der Waals surface area contributed by atoms with Crippen LogP contribution in [0.15, 0.2) is 0 Å². The van der Waals surface area contributed by atoms with Crippen molar-refractivity contribution in [1.29, 1.82) is 0 Å². The number of nitrogens with one attached hydrogen (secondary N) is 1. The summed E-state index contributed by atoms with van der Waals surface area (Å²) < 4.78 is 30.3. The van der Waals surface area contributed by atoms with Gasteiger partial charge in [-0.1, -0.05) is 20.8 Å². The van der Waals surface area contributed by atoms with E-state index in [2.05, 4.69) is 4.72 Å². The molecule has 1 fully saturated rings. The van der Waals surface area contributed by atoms with Gasteiger partial charge in [-0.3, -0.25) is 9.52 Å². The van der Waals surface area contributed by atoms with Crippen molar-refractivity contribution in [2.24, 2.45) is 11.8 Å². The molecule has 16 heavy (non-hydrogen) atoms. The van der Waals surface area contributed by atoms with Crippen LogP contribution in [-0.4, -0.2) is 32.8 Å². The number of sulfonamides is 1. The minimum atomic E-state index is -3.52. The maximum atomic E-state index is 11.6. The lowest BCUT2D eigenvalue weighted by molar-refractivity contribution is -0.129. The van der Waals surface area contributed by atoms with Crippen LogP contribution in [0, 0.1) is 11.8 Å². The van der Waals surface area contributed by atoms with Crippen molar-refractivity contribution in [2.75, 3.05) is 12.4 Å². The van der Waals surface area contributed by atoms with Gasteiger partial charge in [0.25, 0.3) is 5.91 Å². The molecule has 0 radical (unpaired) electrons. The number of hydrogen-bond acceptors (Lipinski definition) is 4. The Balaban J connectivity index is 2.57. The van der Waals surface area contributed by atoms with Crippen molar-refractivity contribution in [2.45, 2.75) is 33.3 Å². The Hall–Kier alpha value is -0.620. The van der Waals surface area contributed by atoms with Crippen molar-refractivity contribution >= 4 is 15.9 Å². The van der Waals surface area contributed by atoms with E-state index < -0.39 is 22.0 Å². The fraction of sp³-hybridized carbons (Fsp3) is 0.900. The molecular weight excluding hydrogens is 230 g/mol. The lowest BCUT2D eigenvalue weighted by Gasteiger charge is -2.15. The molecule has 2 atom stereocenters. The van der Waals surface area contributed by atoms with E-state index in [9.17, 15) is 13.2 Å². The number of carbonyl (C=O) groups is 1. The molecule has 0 aromatic carbocycles. The molecule has 1 aliphatic heterocycles. The van der Waals surface area contributed by atoms with Gasteiger partial charge < -0.3 is 4.74 Å².